The van der Waals surface area contributed by atoms with Gasteiger partial charge in [-0.1, -0.05) is 0 Å². The zero-order chi connectivity index (χ0) is 17.8. The molecular weight excluding hydrogens is 569 g/mol. The zero-order valence-electron chi connectivity index (χ0n) is 11.4. The van der Waals surface area contributed by atoms with E-state index in [1.807, 2.05) is 45.2 Å². The van der Waals surface area contributed by atoms with Crippen molar-refractivity contribution in [2.75, 3.05) is 20.3 Å². The Hall–Kier alpha value is -0.350. The monoisotopic (exact) mass is 578 g/mol. The molecule has 0 aliphatic heterocycles. The van der Waals surface area contributed by atoms with Crippen molar-refractivity contribution in [2.24, 2.45) is 0 Å². The number of benzene rings is 1. The summed E-state index contributed by atoms with van der Waals surface area (Å²) in [6.45, 7) is -1.43. The lowest BCUT2D eigenvalue weighted by molar-refractivity contribution is -0.0427. The topological polar surface area (TPSA) is 83.8 Å². The fraction of sp³-hybridized carbons (Fsp3) is 0.364. The fourth-order valence-electron chi connectivity index (χ4n) is 1.37. The van der Waals surface area contributed by atoms with Gasteiger partial charge in [-0.2, -0.15) is 13.2 Å². The molecule has 0 heterocycles. The molecule has 0 radical (unpaired) electrons. The number of ether oxygens (including phenoxy) is 2. The Kier molecular flexibility index (Phi) is 7.34. The van der Waals surface area contributed by atoms with Gasteiger partial charge < -0.3 is 14.2 Å². The van der Waals surface area contributed by atoms with E-state index in [0.29, 0.717) is 3.57 Å². The standard InChI is InChI=1S/C11H9F3I2NO5S/c1-21-9-7(4-6(15)5-8(9)16)10(18)22-3-2-17-23(19,20)11(12,13)14/h4-5H,2-3H2,1H3/q-1. The Bertz CT molecular complexity index is 694. The summed E-state index contributed by atoms with van der Waals surface area (Å²) < 4.78 is 71.3. The number of rotatable bonds is 6. The molecule has 0 N–H and O–H groups in total. The highest BCUT2D eigenvalue weighted by molar-refractivity contribution is 14.1. The van der Waals surface area contributed by atoms with E-state index in [4.69, 9.17) is 9.47 Å². The number of methoxy groups -OCH3 is 1. The van der Waals surface area contributed by atoms with E-state index < -0.39 is 34.7 Å². The molecule has 0 saturated carbocycles. The van der Waals surface area contributed by atoms with Crippen LogP contribution >= 0.6 is 45.2 Å². The highest BCUT2D eigenvalue weighted by atomic mass is 127. The molecule has 12 heteroatoms. The number of carbonyl (C=O) groups is 1. The number of hydrogen-bond acceptors (Lipinski definition) is 5. The Morgan fingerprint density at radius 3 is 2.43 bits per heavy atom. The highest BCUT2D eigenvalue weighted by Crippen LogP contribution is 2.29. The fourth-order valence-corrected chi connectivity index (χ4v) is 3.89. The second kappa shape index (κ2) is 8.15. The number of alkyl halides is 3. The van der Waals surface area contributed by atoms with Gasteiger partial charge in [-0.05, 0) is 57.3 Å². The van der Waals surface area contributed by atoms with Gasteiger partial charge in [0.2, 0.25) is 0 Å². The van der Waals surface area contributed by atoms with Gasteiger partial charge in [-0.15, -0.1) is 6.54 Å². The third-order valence-corrected chi connectivity index (χ3v) is 4.84. The maximum Gasteiger partial charge on any atom is 0.480 e. The molecule has 0 aliphatic carbocycles. The summed E-state index contributed by atoms with van der Waals surface area (Å²) in [4.78, 5) is 11.9. The van der Waals surface area contributed by atoms with Crippen molar-refractivity contribution >= 4 is 61.2 Å². The summed E-state index contributed by atoms with van der Waals surface area (Å²) in [5.74, 6) is -0.589. The Morgan fingerprint density at radius 2 is 1.91 bits per heavy atom. The molecule has 0 amide bonds. The zero-order valence-corrected chi connectivity index (χ0v) is 16.5. The third-order valence-electron chi connectivity index (χ3n) is 2.31. The molecule has 0 bridgehead atoms. The first-order valence-corrected chi connectivity index (χ1v) is 9.29. The lowest BCUT2D eigenvalue weighted by Gasteiger charge is -2.21. The maximum atomic E-state index is 12.1. The predicted molar refractivity (Wildman–Crippen MR) is 91.9 cm³/mol. The number of sulfonamides is 1. The average molecular weight is 578 g/mol. The number of esters is 1. The third kappa shape index (κ3) is 5.60. The first kappa shape index (κ1) is 20.7. The van der Waals surface area contributed by atoms with Crippen molar-refractivity contribution in [3.05, 3.63) is 29.6 Å². The summed E-state index contributed by atoms with van der Waals surface area (Å²) in [5, 5.41) is 0. The predicted octanol–water partition coefficient (Wildman–Crippen LogP) is 3.28. The number of carbonyl (C=O) groups excluding carboxylic acids is 1. The molecule has 1 aromatic rings. The quantitative estimate of drug-likeness (QED) is 0.294. The van der Waals surface area contributed by atoms with Crippen LogP contribution in [0, 0.1) is 7.14 Å². The van der Waals surface area contributed by atoms with Crippen LogP contribution in [0.15, 0.2) is 12.1 Å². The molecule has 0 fully saturated rings. The van der Waals surface area contributed by atoms with Crippen molar-refractivity contribution in [3.63, 3.8) is 0 Å². The van der Waals surface area contributed by atoms with Crippen LogP contribution in [0.3, 0.4) is 0 Å². The van der Waals surface area contributed by atoms with Crippen LogP contribution in [0.1, 0.15) is 10.4 Å². The SMILES string of the molecule is COc1c(I)cc(I)cc1C(=O)OCC[N-]S(=O)(=O)C(F)(F)F. The molecule has 130 valence electrons. The van der Waals surface area contributed by atoms with Crippen molar-refractivity contribution in [1.29, 1.82) is 0 Å². The van der Waals surface area contributed by atoms with Gasteiger partial charge in [0.1, 0.15) is 11.3 Å². The molecule has 23 heavy (non-hydrogen) atoms. The van der Waals surface area contributed by atoms with Crippen molar-refractivity contribution < 1.29 is 35.9 Å². The molecule has 0 aliphatic rings. The molecule has 0 aromatic heterocycles. The Morgan fingerprint density at radius 1 is 1.30 bits per heavy atom. The average Bonchev–Trinajstić information content (AvgIpc) is 2.41. The molecule has 0 unspecified atom stereocenters. The van der Waals surface area contributed by atoms with E-state index in [9.17, 15) is 26.4 Å². The minimum Gasteiger partial charge on any atom is -0.538 e. The molecule has 1 rings (SSSR count). The molecular formula is C11H9F3I2NO5S-. The minimum atomic E-state index is -5.58. The molecule has 6 nitrogen and oxygen atoms in total. The highest BCUT2D eigenvalue weighted by Gasteiger charge is 2.38. The van der Waals surface area contributed by atoms with Crippen LogP contribution in [-0.4, -0.2) is 40.2 Å². The number of nitrogens with zero attached hydrogens (tertiary/aromatic N) is 1. The Labute approximate surface area is 157 Å². The van der Waals surface area contributed by atoms with Gasteiger partial charge >= 0.3 is 11.5 Å². The van der Waals surface area contributed by atoms with Gasteiger partial charge in [-0.25, -0.2) is 13.2 Å². The largest absolute Gasteiger partial charge is 0.538 e. The van der Waals surface area contributed by atoms with E-state index in [1.165, 1.54) is 13.2 Å². The van der Waals surface area contributed by atoms with Gasteiger partial charge in [0, 0.05) is 3.57 Å². The van der Waals surface area contributed by atoms with Crippen molar-refractivity contribution in [3.8, 4) is 5.75 Å². The Balaban J connectivity index is 2.69. The molecule has 0 atom stereocenters. The van der Waals surface area contributed by atoms with Crippen LogP contribution in [0.25, 0.3) is 4.72 Å². The van der Waals surface area contributed by atoms with Crippen molar-refractivity contribution in [2.45, 2.75) is 5.51 Å². The van der Waals surface area contributed by atoms with E-state index in [-0.39, 0.29) is 11.3 Å². The number of halogens is 5. The lowest BCUT2D eigenvalue weighted by Crippen LogP contribution is -2.23. The van der Waals surface area contributed by atoms with Gasteiger partial charge in [0.25, 0.3) is 0 Å². The van der Waals surface area contributed by atoms with Gasteiger partial charge in [0.05, 0.1) is 17.3 Å². The number of hydrogen-bond donors (Lipinski definition) is 0. The van der Waals surface area contributed by atoms with Crippen LogP contribution in [0.2, 0.25) is 0 Å². The summed E-state index contributed by atoms with van der Waals surface area (Å²) in [7, 11) is -4.23. The normalized spacial score (nSPS) is 12.1. The van der Waals surface area contributed by atoms with Gasteiger partial charge in [0.15, 0.2) is 10.0 Å². The second-order valence-corrected chi connectivity index (χ2v) is 7.96. The lowest BCUT2D eigenvalue weighted by atomic mass is 10.2. The van der Waals surface area contributed by atoms with Crippen LogP contribution < -0.4 is 4.74 Å². The summed E-state index contributed by atoms with van der Waals surface area (Å²) in [6.07, 6.45) is 0. The first-order valence-electron chi connectivity index (χ1n) is 5.70. The first-order chi connectivity index (χ1) is 10.5. The summed E-state index contributed by atoms with van der Waals surface area (Å²) >= 11 is 3.92. The molecule has 1 aromatic carbocycles. The van der Waals surface area contributed by atoms with Crippen LogP contribution in [0.4, 0.5) is 13.2 Å². The van der Waals surface area contributed by atoms with E-state index in [2.05, 4.69) is 4.72 Å². The maximum absolute atomic E-state index is 12.1. The summed E-state index contributed by atoms with van der Waals surface area (Å²) in [5.41, 5.74) is -5.38. The van der Waals surface area contributed by atoms with Crippen LogP contribution in [0.5, 0.6) is 5.75 Å². The van der Waals surface area contributed by atoms with E-state index in [1.54, 1.807) is 6.07 Å². The molecule has 0 spiro atoms. The van der Waals surface area contributed by atoms with Crippen molar-refractivity contribution in [1.82, 2.24) is 0 Å². The molecule has 0 saturated heterocycles. The van der Waals surface area contributed by atoms with Crippen LogP contribution in [-0.2, 0) is 14.8 Å². The van der Waals surface area contributed by atoms with E-state index in [0.717, 1.165) is 3.57 Å². The summed E-state index contributed by atoms with van der Waals surface area (Å²) in [6, 6.07) is 3.23. The van der Waals surface area contributed by atoms with E-state index >= 15 is 0 Å². The van der Waals surface area contributed by atoms with Gasteiger partial charge in [-0.3, -0.25) is 0 Å². The minimum absolute atomic E-state index is 0.0856. The second-order valence-electron chi connectivity index (χ2n) is 3.88. The smallest absolute Gasteiger partial charge is 0.480 e.